The monoisotopic (exact) mass is 443 g/mol. The number of fused-ring (bicyclic) bond motifs is 1. The standard InChI is InChI=1S/C14H16ClNO.C7H10N6O/c1-3-8-16-11(4-2)9-10-6-5-7-12(15)13(10)14(16)17;1-11-7(14)4(8)3-5(9)12-2-13-6(3)10/h5-7,9H,3-4,8H2,1-2H3;2,8H,1H3,(H,11,14)(H4,9,10,12,13). The fourth-order valence-electron chi connectivity index (χ4n) is 3.08. The van der Waals surface area contributed by atoms with E-state index < -0.39 is 5.91 Å². The smallest absolute Gasteiger partial charge is 0.269 e. The summed E-state index contributed by atoms with van der Waals surface area (Å²) in [7, 11) is 1.41. The molecule has 0 unspecified atom stereocenters. The second kappa shape index (κ2) is 10.5. The Hall–Kier alpha value is -3.46. The number of aryl methyl sites for hydroxylation is 1. The molecule has 10 heteroatoms. The lowest BCUT2D eigenvalue weighted by molar-refractivity contribution is -0.114. The van der Waals surface area contributed by atoms with Gasteiger partial charge in [0.15, 0.2) is 0 Å². The topological polar surface area (TPSA) is 153 Å². The zero-order chi connectivity index (χ0) is 23.1. The molecule has 0 saturated carbocycles. The van der Waals surface area contributed by atoms with Gasteiger partial charge in [0.25, 0.3) is 11.5 Å². The van der Waals surface area contributed by atoms with Gasteiger partial charge in [-0.3, -0.25) is 15.0 Å². The van der Waals surface area contributed by atoms with Gasteiger partial charge in [-0.25, -0.2) is 9.97 Å². The lowest BCUT2D eigenvalue weighted by Crippen LogP contribution is -2.29. The molecule has 164 valence electrons. The van der Waals surface area contributed by atoms with Crippen molar-refractivity contribution in [3.05, 3.63) is 57.2 Å². The van der Waals surface area contributed by atoms with E-state index in [0.717, 1.165) is 30.5 Å². The average molecular weight is 444 g/mol. The summed E-state index contributed by atoms with van der Waals surface area (Å²) >= 11 is 6.12. The highest BCUT2D eigenvalue weighted by molar-refractivity contribution is 6.45. The normalized spacial score (nSPS) is 10.3. The van der Waals surface area contributed by atoms with E-state index in [9.17, 15) is 9.59 Å². The third-order valence-corrected chi connectivity index (χ3v) is 4.91. The molecule has 2 heterocycles. The highest BCUT2D eigenvalue weighted by atomic mass is 35.5. The summed E-state index contributed by atoms with van der Waals surface area (Å²) in [4.78, 5) is 30.8. The van der Waals surface area contributed by atoms with Crippen molar-refractivity contribution in [2.45, 2.75) is 33.2 Å². The number of nitrogens with one attached hydrogen (secondary N) is 2. The maximum absolute atomic E-state index is 12.4. The number of rotatable bonds is 5. The average Bonchev–Trinajstić information content (AvgIpc) is 2.75. The molecule has 0 aliphatic rings. The number of aromatic nitrogens is 3. The van der Waals surface area contributed by atoms with E-state index in [0.29, 0.717) is 10.4 Å². The summed E-state index contributed by atoms with van der Waals surface area (Å²) < 4.78 is 1.84. The Morgan fingerprint density at radius 3 is 2.42 bits per heavy atom. The molecule has 31 heavy (non-hydrogen) atoms. The largest absolute Gasteiger partial charge is 0.383 e. The molecule has 9 nitrogen and oxygen atoms in total. The van der Waals surface area contributed by atoms with Crippen molar-refractivity contribution in [3.8, 4) is 0 Å². The maximum atomic E-state index is 12.4. The number of nitrogens with two attached hydrogens (primary N) is 2. The zero-order valence-electron chi connectivity index (χ0n) is 17.7. The Morgan fingerprint density at radius 1 is 1.23 bits per heavy atom. The van der Waals surface area contributed by atoms with E-state index in [4.69, 9.17) is 28.5 Å². The number of hydrogen-bond acceptors (Lipinski definition) is 7. The van der Waals surface area contributed by atoms with E-state index in [-0.39, 0.29) is 28.5 Å². The van der Waals surface area contributed by atoms with Crippen LogP contribution in [-0.4, -0.2) is 33.2 Å². The van der Waals surface area contributed by atoms with Gasteiger partial charge < -0.3 is 21.4 Å². The minimum Gasteiger partial charge on any atom is -0.383 e. The molecule has 0 spiro atoms. The molecule has 3 rings (SSSR count). The third-order valence-electron chi connectivity index (χ3n) is 4.59. The van der Waals surface area contributed by atoms with Gasteiger partial charge in [0.2, 0.25) is 0 Å². The molecule has 0 bridgehead atoms. The maximum Gasteiger partial charge on any atom is 0.269 e. The second-order valence-electron chi connectivity index (χ2n) is 6.62. The van der Waals surface area contributed by atoms with Crippen molar-refractivity contribution in [2.24, 2.45) is 0 Å². The lowest BCUT2D eigenvalue weighted by atomic mass is 10.1. The number of anilines is 2. The number of nitrogen functional groups attached to an aromatic ring is 2. The number of hydrogen-bond donors (Lipinski definition) is 4. The molecule has 2 aromatic heterocycles. The van der Waals surface area contributed by atoms with E-state index in [1.54, 1.807) is 6.07 Å². The molecule has 0 saturated heterocycles. The van der Waals surface area contributed by atoms with Gasteiger partial charge in [0.1, 0.15) is 23.7 Å². The van der Waals surface area contributed by atoms with Crippen molar-refractivity contribution >= 4 is 45.6 Å². The minimum absolute atomic E-state index is 0.0195. The second-order valence-corrected chi connectivity index (χ2v) is 7.03. The fraction of sp³-hybridized carbons (Fsp3) is 0.286. The summed E-state index contributed by atoms with van der Waals surface area (Å²) in [5, 5.41) is 11.9. The molecule has 0 aliphatic heterocycles. The number of carbonyl (C=O) groups is 1. The molecule has 1 aromatic carbocycles. The van der Waals surface area contributed by atoms with Crippen LogP contribution in [0.3, 0.4) is 0 Å². The van der Waals surface area contributed by atoms with E-state index in [2.05, 4.69) is 35.2 Å². The predicted molar refractivity (Wildman–Crippen MR) is 125 cm³/mol. The van der Waals surface area contributed by atoms with Gasteiger partial charge in [-0.15, -0.1) is 0 Å². The number of amides is 1. The molecule has 0 aliphatic carbocycles. The summed E-state index contributed by atoms with van der Waals surface area (Å²) in [5.74, 6) is -0.546. The SMILES string of the molecule is CCCn1c(CC)cc2cccc(Cl)c2c1=O.CNC(=O)C(=N)c1c(N)ncnc1N. The van der Waals surface area contributed by atoms with Crippen molar-refractivity contribution in [2.75, 3.05) is 18.5 Å². The van der Waals surface area contributed by atoms with Gasteiger partial charge in [-0.2, -0.15) is 0 Å². The van der Waals surface area contributed by atoms with Gasteiger partial charge >= 0.3 is 0 Å². The Kier molecular flexibility index (Phi) is 8.09. The van der Waals surface area contributed by atoms with Crippen LogP contribution in [0.25, 0.3) is 10.8 Å². The van der Waals surface area contributed by atoms with Gasteiger partial charge in [0, 0.05) is 19.3 Å². The fourth-order valence-corrected chi connectivity index (χ4v) is 3.34. The highest BCUT2D eigenvalue weighted by Crippen LogP contribution is 2.21. The number of benzene rings is 1. The molecule has 0 atom stereocenters. The minimum atomic E-state index is -0.585. The van der Waals surface area contributed by atoms with E-state index in [1.165, 1.54) is 13.4 Å². The number of nitrogens with zero attached hydrogens (tertiary/aromatic N) is 3. The first-order valence-corrected chi connectivity index (χ1v) is 10.1. The first kappa shape index (κ1) is 23.8. The van der Waals surface area contributed by atoms with E-state index in [1.807, 2.05) is 16.7 Å². The first-order valence-electron chi connectivity index (χ1n) is 9.74. The van der Waals surface area contributed by atoms with E-state index >= 15 is 0 Å². The number of halogens is 1. The van der Waals surface area contributed by atoms with Gasteiger partial charge in [-0.05, 0) is 30.4 Å². The van der Waals surface area contributed by atoms with Crippen LogP contribution in [0.15, 0.2) is 35.4 Å². The van der Waals surface area contributed by atoms with Crippen molar-refractivity contribution in [3.63, 3.8) is 0 Å². The van der Waals surface area contributed by atoms with Crippen LogP contribution < -0.4 is 22.3 Å². The number of pyridine rings is 1. The lowest BCUT2D eigenvalue weighted by Gasteiger charge is -2.12. The van der Waals surface area contributed by atoms with Crippen LogP contribution in [0.5, 0.6) is 0 Å². The molecular weight excluding hydrogens is 418 g/mol. The summed E-state index contributed by atoms with van der Waals surface area (Å²) in [5.41, 5.74) is 11.8. The zero-order valence-corrected chi connectivity index (χ0v) is 18.5. The van der Waals surface area contributed by atoms with Crippen LogP contribution in [0.4, 0.5) is 11.6 Å². The van der Waals surface area contributed by atoms with Crippen LogP contribution in [0.1, 0.15) is 31.5 Å². The molecule has 3 aromatic rings. The molecule has 0 radical (unpaired) electrons. The number of carbonyl (C=O) groups excluding carboxylic acids is 1. The Bertz CT molecular complexity index is 1150. The Morgan fingerprint density at radius 2 is 1.87 bits per heavy atom. The predicted octanol–water partition coefficient (Wildman–Crippen LogP) is 2.38. The quantitative estimate of drug-likeness (QED) is 0.444. The molecule has 1 amide bonds. The van der Waals surface area contributed by atoms with Crippen LogP contribution >= 0.6 is 11.6 Å². The van der Waals surface area contributed by atoms with Crippen LogP contribution in [0, 0.1) is 5.41 Å². The number of likely N-dealkylation sites (N-methyl/N-ethyl adjacent to an activating group) is 1. The van der Waals surface area contributed by atoms with Crippen LogP contribution in [-0.2, 0) is 17.8 Å². The van der Waals surface area contributed by atoms with Crippen molar-refractivity contribution < 1.29 is 4.79 Å². The highest BCUT2D eigenvalue weighted by Gasteiger charge is 2.17. The summed E-state index contributed by atoms with van der Waals surface area (Å²) in [6.07, 6.45) is 2.98. The first-order chi connectivity index (χ1) is 14.8. The van der Waals surface area contributed by atoms with Crippen molar-refractivity contribution in [1.82, 2.24) is 19.9 Å². The van der Waals surface area contributed by atoms with Crippen LogP contribution in [0.2, 0.25) is 5.02 Å². The molecule has 0 fully saturated rings. The third kappa shape index (κ3) is 5.18. The van der Waals surface area contributed by atoms with Gasteiger partial charge in [0.05, 0.1) is 16.0 Å². The van der Waals surface area contributed by atoms with Crippen molar-refractivity contribution in [1.29, 1.82) is 5.41 Å². The Labute approximate surface area is 185 Å². The molecule has 6 N–H and O–H groups in total. The summed E-state index contributed by atoms with van der Waals surface area (Å²) in [6, 6.07) is 7.66. The molecular formula is C21H26ClN7O2. The van der Waals surface area contributed by atoms with Gasteiger partial charge in [-0.1, -0.05) is 37.6 Å². The summed E-state index contributed by atoms with van der Waals surface area (Å²) in [6.45, 7) is 4.89. The Balaban J connectivity index is 0.000000225.